The second-order valence-electron chi connectivity index (χ2n) is 3.28. The number of carboxylic acids is 1. The third kappa shape index (κ3) is 4.14. The van der Waals surface area contributed by atoms with Crippen molar-refractivity contribution in [1.82, 2.24) is 0 Å². The highest BCUT2D eigenvalue weighted by Gasteiger charge is 2.13. The van der Waals surface area contributed by atoms with Crippen molar-refractivity contribution in [2.75, 3.05) is 6.61 Å². The second kappa shape index (κ2) is 6.11. The van der Waals surface area contributed by atoms with Gasteiger partial charge in [0.05, 0.1) is 5.02 Å². The van der Waals surface area contributed by atoms with Crippen LogP contribution in [0.4, 0.5) is 4.39 Å². The van der Waals surface area contributed by atoms with Crippen molar-refractivity contribution < 1.29 is 28.6 Å². The molecule has 0 aliphatic carbocycles. The minimum Gasteiger partial charge on any atom is -0.481 e. The fraction of sp³-hybridized carbons (Fsp3) is 0.182. The summed E-state index contributed by atoms with van der Waals surface area (Å²) in [4.78, 5) is 32.5. The molecule has 18 heavy (non-hydrogen) atoms. The molecule has 0 unspecified atom stereocenters. The van der Waals surface area contributed by atoms with Gasteiger partial charge in [-0.15, -0.1) is 0 Å². The van der Waals surface area contributed by atoms with Crippen LogP contribution in [0.3, 0.4) is 0 Å². The van der Waals surface area contributed by atoms with E-state index in [1.807, 2.05) is 0 Å². The summed E-state index contributed by atoms with van der Waals surface area (Å²) in [5.41, 5.74) is -0.0139. The fourth-order valence-corrected chi connectivity index (χ4v) is 1.19. The maximum atomic E-state index is 13.0. The summed E-state index contributed by atoms with van der Waals surface area (Å²) < 4.78 is 17.5. The number of esters is 1. The lowest BCUT2D eigenvalue weighted by molar-refractivity contribution is -0.150. The summed E-state index contributed by atoms with van der Waals surface area (Å²) in [6.07, 6.45) is -0.831. The van der Waals surface area contributed by atoms with Crippen LogP contribution < -0.4 is 0 Å². The summed E-state index contributed by atoms with van der Waals surface area (Å²) in [7, 11) is 0. The van der Waals surface area contributed by atoms with Gasteiger partial charge in [0.2, 0.25) is 0 Å². The predicted octanol–water partition coefficient (Wildman–Crippen LogP) is 1.68. The van der Waals surface area contributed by atoms with E-state index in [1.165, 1.54) is 12.1 Å². The van der Waals surface area contributed by atoms with Crippen molar-refractivity contribution >= 4 is 29.3 Å². The Morgan fingerprint density at radius 3 is 2.56 bits per heavy atom. The van der Waals surface area contributed by atoms with Crippen LogP contribution >= 0.6 is 11.6 Å². The van der Waals surface area contributed by atoms with Crippen LogP contribution in [0.25, 0.3) is 0 Å². The molecule has 0 aliphatic rings. The zero-order valence-electron chi connectivity index (χ0n) is 8.98. The number of carboxylic acid groups (broad SMARTS) is 1. The van der Waals surface area contributed by atoms with E-state index in [0.29, 0.717) is 0 Å². The standard InChI is InChI=1S/C11H8ClFO5/c12-7-2-1-6(3-8(7)13)9(14)5-18-11(17)4-10(15)16/h1-3H,4-5H2,(H,15,16). The van der Waals surface area contributed by atoms with Crippen molar-refractivity contribution in [3.05, 3.63) is 34.6 Å². The van der Waals surface area contributed by atoms with Gasteiger partial charge in [0.25, 0.3) is 0 Å². The first-order valence-electron chi connectivity index (χ1n) is 4.76. The number of carbonyl (C=O) groups is 3. The van der Waals surface area contributed by atoms with E-state index in [-0.39, 0.29) is 10.6 Å². The molecule has 96 valence electrons. The molecule has 0 amide bonds. The second-order valence-corrected chi connectivity index (χ2v) is 3.69. The van der Waals surface area contributed by atoms with Gasteiger partial charge in [-0.05, 0) is 18.2 Å². The average molecular weight is 275 g/mol. The number of rotatable bonds is 5. The quantitative estimate of drug-likeness (QED) is 0.502. The number of halogens is 2. The first-order chi connectivity index (χ1) is 8.40. The predicted molar refractivity (Wildman–Crippen MR) is 59.0 cm³/mol. The lowest BCUT2D eigenvalue weighted by Gasteiger charge is -2.03. The van der Waals surface area contributed by atoms with Gasteiger partial charge in [-0.3, -0.25) is 14.4 Å². The van der Waals surface area contributed by atoms with Crippen molar-refractivity contribution in [2.24, 2.45) is 0 Å². The lowest BCUT2D eigenvalue weighted by atomic mass is 10.1. The van der Waals surface area contributed by atoms with Crippen LogP contribution in [0.15, 0.2) is 18.2 Å². The monoisotopic (exact) mass is 274 g/mol. The number of ketones is 1. The Hall–Kier alpha value is -1.95. The van der Waals surface area contributed by atoms with Gasteiger partial charge in [0, 0.05) is 5.56 Å². The number of carbonyl (C=O) groups excluding carboxylic acids is 2. The smallest absolute Gasteiger partial charge is 0.317 e. The number of Topliss-reactive ketones (excluding diaryl/α,β-unsaturated/α-hetero) is 1. The molecule has 0 atom stereocenters. The maximum Gasteiger partial charge on any atom is 0.317 e. The molecule has 1 aromatic rings. The van der Waals surface area contributed by atoms with Crippen LogP contribution in [0.2, 0.25) is 5.02 Å². The Morgan fingerprint density at radius 2 is 2.00 bits per heavy atom. The Bertz CT molecular complexity index is 500. The van der Waals surface area contributed by atoms with Crippen LogP contribution in [-0.2, 0) is 14.3 Å². The van der Waals surface area contributed by atoms with Gasteiger partial charge in [-0.2, -0.15) is 0 Å². The average Bonchev–Trinajstić information content (AvgIpc) is 2.28. The molecule has 0 spiro atoms. The maximum absolute atomic E-state index is 13.0. The summed E-state index contributed by atoms with van der Waals surface area (Å²) in [5.74, 6) is -3.81. The van der Waals surface area contributed by atoms with Gasteiger partial charge in [-0.1, -0.05) is 11.6 Å². The molecule has 0 fully saturated rings. The highest BCUT2D eigenvalue weighted by molar-refractivity contribution is 6.30. The van der Waals surface area contributed by atoms with E-state index in [9.17, 15) is 18.8 Å². The molecule has 0 bridgehead atoms. The molecular weight excluding hydrogens is 267 g/mol. The normalized spacial score (nSPS) is 9.89. The van der Waals surface area contributed by atoms with Crippen molar-refractivity contribution in [1.29, 1.82) is 0 Å². The number of hydrogen-bond acceptors (Lipinski definition) is 4. The molecule has 0 saturated carbocycles. The molecular formula is C11H8ClFO5. The van der Waals surface area contributed by atoms with Crippen LogP contribution in [0, 0.1) is 5.82 Å². The highest BCUT2D eigenvalue weighted by Crippen LogP contribution is 2.15. The molecule has 0 radical (unpaired) electrons. The van der Waals surface area contributed by atoms with E-state index < -0.39 is 36.6 Å². The highest BCUT2D eigenvalue weighted by atomic mass is 35.5. The molecule has 1 rings (SSSR count). The van der Waals surface area contributed by atoms with E-state index in [4.69, 9.17) is 16.7 Å². The van der Waals surface area contributed by atoms with Gasteiger partial charge >= 0.3 is 11.9 Å². The largest absolute Gasteiger partial charge is 0.481 e. The van der Waals surface area contributed by atoms with Gasteiger partial charge in [-0.25, -0.2) is 4.39 Å². The third-order valence-corrected chi connectivity index (χ3v) is 2.21. The van der Waals surface area contributed by atoms with E-state index >= 15 is 0 Å². The molecule has 0 aliphatic heterocycles. The molecule has 0 heterocycles. The zero-order chi connectivity index (χ0) is 13.7. The first kappa shape index (κ1) is 14.1. The third-order valence-electron chi connectivity index (χ3n) is 1.90. The van der Waals surface area contributed by atoms with Crippen molar-refractivity contribution in [2.45, 2.75) is 6.42 Å². The molecule has 1 aromatic carbocycles. The van der Waals surface area contributed by atoms with Crippen LogP contribution in [0.1, 0.15) is 16.8 Å². The van der Waals surface area contributed by atoms with Gasteiger partial charge in [0.15, 0.2) is 12.4 Å². The Kier molecular flexibility index (Phi) is 4.79. The Balaban J connectivity index is 2.58. The van der Waals surface area contributed by atoms with E-state index in [2.05, 4.69) is 4.74 Å². The minimum atomic E-state index is -1.36. The summed E-state index contributed by atoms with van der Waals surface area (Å²) in [6.45, 7) is -0.646. The summed E-state index contributed by atoms with van der Waals surface area (Å²) in [5, 5.41) is 8.15. The van der Waals surface area contributed by atoms with Gasteiger partial charge in [0.1, 0.15) is 12.2 Å². The van der Waals surface area contributed by atoms with Crippen molar-refractivity contribution in [3.63, 3.8) is 0 Å². The Labute approximate surface area is 106 Å². The van der Waals surface area contributed by atoms with E-state index in [1.54, 1.807) is 0 Å². The minimum absolute atomic E-state index is 0.0139. The summed E-state index contributed by atoms with van der Waals surface area (Å²) in [6, 6.07) is 3.39. The fourth-order valence-electron chi connectivity index (χ4n) is 1.07. The van der Waals surface area contributed by atoms with Gasteiger partial charge < -0.3 is 9.84 Å². The Morgan fingerprint density at radius 1 is 1.33 bits per heavy atom. The summed E-state index contributed by atoms with van der Waals surface area (Å²) >= 11 is 5.43. The first-order valence-corrected chi connectivity index (χ1v) is 5.13. The van der Waals surface area contributed by atoms with Crippen molar-refractivity contribution in [3.8, 4) is 0 Å². The van der Waals surface area contributed by atoms with E-state index in [0.717, 1.165) is 6.07 Å². The number of hydrogen-bond donors (Lipinski definition) is 1. The molecule has 7 heteroatoms. The molecule has 0 aromatic heterocycles. The number of ether oxygens (including phenoxy) is 1. The molecule has 5 nitrogen and oxygen atoms in total. The molecule has 0 saturated heterocycles. The SMILES string of the molecule is O=C(O)CC(=O)OCC(=O)c1ccc(Cl)c(F)c1. The topological polar surface area (TPSA) is 80.7 Å². The number of benzene rings is 1. The molecule has 1 N–H and O–H groups in total. The van der Waals surface area contributed by atoms with Crippen LogP contribution in [0.5, 0.6) is 0 Å². The number of aliphatic carboxylic acids is 1. The van der Waals surface area contributed by atoms with Crippen LogP contribution in [-0.4, -0.2) is 29.4 Å². The zero-order valence-corrected chi connectivity index (χ0v) is 9.74. The lowest BCUT2D eigenvalue weighted by Crippen LogP contribution is -2.16.